The number of anilines is 3. The standard InChI is InChI=1S/C16H14N4/c17-13-6-8-14(9-7-13)20-16-10-15(18-11-19-16)12-4-2-1-3-5-12/h1-11H,17H2,(H,18,19,20). The van der Waals surface area contributed by atoms with Crippen LogP contribution in [-0.2, 0) is 0 Å². The van der Waals surface area contributed by atoms with Gasteiger partial charge in [0.15, 0.2) is 0 Å². The molecule has 2 aromatic carbocycles. The van der Waals surface area contributed by atoms with Gasteiger partial charge in [0.05, 0.1) is 5.69 Å². The minimum Gasteiger partial charge on any atom is -0.399 e. The fraction of sp³-hybridized carbons (Fsp3) is 0. The lowest BCUT2D eigenvalue weighted by Gasteiger charge is -2.07. The van der Waals surface area contributed by atoms with Crippen molar-refractivity contribution in [3.05, 3.63) is 67.0 Å². The molecule has 3 N–H and O–H groups in total. The summed E-state index contributed by atoms with van der Waals surface area (Å²) in [4.78, 5) is 8.52. The van der Waals surface area contributed by atoms with Crippen LogP contribution in [0.3, 0.4) is 0 Å². The lowest BCUT2D eigenvalue weighted by molar-refractivity contribution is 1.17. The number of nitrogens with zero attached hydrogens (tertiary/aromatic N) is 2. The minimum atomic E-state index is 0.739. The quantitative estimate of drug-likeness (QED) is 0.709. The molecule has 1 aromatic heterocycles. The van der Waals surface area contributed by atoms with E-state index in [9.17, 15) is 0 Å². The van der Waals surface area contributed by atoms with E-state index < -0.39 is 0 Å². The molecule has 1 heterocycles. The Morgan fingerprint density at radius 1 is 0.850 bits per heavy atom. The summed E-state index contributed by atoms with van der Waals surface area (Å²) in [5.74, 6) is 0.753. The Bertz CT molecular complexity index is 693. The number of benzene rings is 2. The first-order valence-corrected chi connectivity index (χ1v) is 6.31. The van der Waals surface area contributed by atoms with Gasteiger partial charge in [0, 0.05) is 23.0 Å². The van der Waals surface area contributed by atoms with Crippen molar-refractivity contribution in [2.45, 2.75) is 0 Å². The van der Waals surface area contributed by atoms with Crippen LogP contribution in [0.5, 0.6) is 0 Å². The number of hydrogen-bond acceptors (Lipinski definition) is 4. The van der Waals surface area contributed by atoms with Crippen LogP contribution in [0.2, 0.25) is 0 Å². The molecule has 0 saturated carbocycles. The summed E-state index contributed by atoms with van der Waals surface area (Å²) in [6.45, 7) is 0. The zero-order valence-electron chi connectivity index (χ0n) is 10.8. The van der Waals surface area contributed by atoms with Gasteiger partial charge in [0.1, 0.15) is 12.1 Å². The van der Waals surface area contributed by atoms with E-state index in [2.05, 4.69) is 15.3 Å². The molecule has 3 rings (SSSR count). The highest BCUT2D eigenvalue weighted by Crippen LogP contribution is 2.21. The second kappa shape index (κ2) is 5.40. The first kappa shape index (κ1) is 12.2. The fourth-order valence-corrected chi connectivity index (χ4v) is 1.91. The summed E-state index contributed by atoms with van der Waals surface area (Å²) in [6, 6.07) is 19.5. The van der Waals surface area contributed by atoms with Crippen LogP contribution in [0.4, 0.5) is 17.2 Å². The zero-order chi connectivity index (χ0) is 13.8. The normalized spacial score (nSPS) is 10.2. The first-order chi connectivity index (χ1) is 9.81. The number of aromatic nitrogens is 2. The Kier molecular flexibility index (Phi) is 3.29. The van der Waals surface area contributed by atoms with Gasteiger partial charge in [-0.3, -0.25) is 0 Å². The molecule has 4 nitrogen and oxygen atoms in total. The molecule has 0 unspecified atom stereocenters. The van der Waals surface area contributed by atoms with Crippen molar-refractivity contribution in [3.8, 4) is 11.3 Å². The second-order valence-electron chi connectivity index (χ2n) is 4.40. The van der Waals surface area contributed by atoms with Crippen LogP contribution >= 0.6 is 0 Å². The summed E-state index contributed by atoms with van der Waals surface area (Å²) in [5.41, 5.74) is 9.30. The summed E-state index contributed by atoms with van der Waals surface area (Å²) >= 11 is 0. The fourth-order valence-electron chi connectivity index (χ4n) is 1.91. The predicted molar refractivity (Wildman–Crippen MR) is 81.6 cm³/mol. The van der Waals surface area contributed by atoms with Crippen LogP contribution in [0.15, 0.2) is 67.0 Å². The van der Waals surface area contributed by atoms with Gasteiger partial charge in [-0.05, 0) is 24.3 Å². The molecule has 0 atom stereocenters. The molecule has 4 heteroatoms. The Hall–Kier alpha value is -2.88. The summed E-state index contributed by atoms with van der Waals surface area (Å²) in [7, 11) is 0. The molecule has 0 aliphatic heterocycles. The Morgan fingerprint density at radius 3 is 2.35 bits per heavy atom. The van der Waals surface area contributed by atoms with Crippen molar-refractivity contribution >= 4 is 17.2 Å². The van der Waals surface area contributed by atoms with E-state index in [0.29, 0.717) is 0 Å². The molecule has 0 radical (unpaired) electrons. The molecule has 3 aromatic rings. The topological polar surface area (TPSA) is 63.8 Å². The molecule has 0 saturated heterocycles. The molecule has 0 aliphatic carbocycles. The highest BCUT2D eigenvalue weighted by Gasteiger charge is 2.01. The van der Waals surface area contributed by atoms with Crippen molar-refractivity contribution in [1.29, 1.82) is 0 Å². The van der Waals surface area contributed by atoms with E-state index in [0.717, 1.165) is 28.5 Å². The third kappa shape index (κ3) is 2.75. The van der Waals surface area contributed by atoms with Crippen molar-refractivity contribution < 1.29 is 0 Å². The van der Waals surface area contributed by atoms with Crippen LogP contribution in [0.25, 0.3) is 11.3 Å². The summed E-state index contributed by atoms with van der Waals surface area (Å²) in [6.07, 6.45) is 1.56. The van der Waals surface area contributed by atoms with Crippen LogP contribution in [-0.4, -0.2) is 9.97 Å². The van der Waals surface area contributed by atoms with Gasteiger partial charge >= 0.3 is 0 Å². The highest BCUT2D eigenvalue weighted by atomic mass is 15.0. The highest BCUT2D eigenvalue weighted by molar-refractivity contribution is 5.65. The van der Waals surface area contributed by atoms with Crippen molar-refractivity contribution in [3.63, 3.8) is 0 Å². The van der Waals surface area contributed by atoms with E-state index in [1.807, 2.05) is 60.7 Å². The van der Waals surface area contributed by atoms with E-state index in [4.69, 9.17) is 5.73 Å². The smallest absolute Gasteiger partial charge is 0.134 e. The van der Waals surface area contributed by atoms with E-state index in [1.54, 1.807) is 6.33 Å². The SMILES string of the molecule is Nc1ccc(Nc2cc(-c3ccccc3)ncn2)cc1. The van der Waals surface area contributed by atoms with Gasteiger partial charge in [-0.15, -0.1) is 0 Å². The van der Waals surface area contributed by atoms with Crippen molar-refractivity contribution in [1.82, 2.24) is 9.97 Å². The third-order valence-corrected chi connectivity index (χ3v) is 2.92. The van der Waals surface area contributed by atoms with Gasteiger partial charge in [0.25, 0.3) is 0 Å². The van der Waals surface area contributed by atoms with Crippen molar-refractivity contribution in [2.75, 3.05) is 11.1 Å². The maximum atomic E-state index is 5.67. The lowest BCUT2D eigenvalue weighted by atomic mass is 10.1. The molecule has 0 bridgehead atoms. The predicted octanol–water partition coefficient (Wildman–Crippen LogP) is 3.47. The zero-order valence-corrected chi connectivity index (χ0v) is 10.8. The van der Waals surface area contributed by atoms with Crippen molar-refractivity contribution in [2.24, 2.45) is 0 Å². The molecule has 98 valence electrons. The molecule has 0 amide bonds. The van der Waals surface area contributed by atoms with E-state index >= 15 is 0 Å². The summed E-state index contributed by atoms with van der Waals surface area (Å²) in [5, 5.41) is 3.23. The summed E-state index contributed by atoms with van der Waals surface area (Å²) < 4.78 is 0. The minimum absolute atomic E-state index is 0.739. The first-order valence-electron chi connectivity index (χ1n) is 6.31. The number of rotatable bonds is 3. The Labute approximate surface area is 117 Å². The monoisotopic (exact) mass is 262 g/mol. The average Bonchev–Trinajstić information content (AvgIpc) is 2.51. The molecule has 20 heavy (non-hydrogen) atoms. The van der Waals surface area contributed by atoms with Gasteiger partial charge in [-0.1, -0.05) is 30.3 Å². The van der Waals surface area contributed by atoms with Gasteiger partial charge in [-0.25, -0.2) is 9.97 Å². The van der Waals surface area contributed by atoms with Gasteiger partial charge in [0.2, 0.25) is 0 Å². The Balaban J connectivity index is 1.86. The van der Waals surface area contributed by atoms with Crippen LogP contribution in [0.1, 0.15) is 0 Å². The molecule has 0 aliphatic rings. The van der Waals surface area contributed by atoms with E-state index in [1.165, 1.54) is 0 Å². The number of nitrogen functional groups attached to an aromatic ring is 1. The lowest BCUT2D eigenvalue weighted by Crippen LogP contribution is -1.95. The maximum Gasteiger partial charge on any atom is 0.134 e. The number of hydrogen-bond donors (Lipinski definition) is 2. The molecular formula is C16H14N4. The molecule has 0 fully saturated rings. The molecular weight excluding hydrogens is 248 g/mol. The maximum absolute atomic E-state index is 5.67. The second-order valence-corrected chi connectivity index (χ2v) is 4.40. The molecule has 0 spiro atoms. The largest absolute Gasteiger partial charge is 0.399 e. The van der Waals surface area contributed by atoms with Gasteiger partial charge in [-0.2, -0.15) is 0 Å². The number of nitrogens with two attached hydrogens (primary N) is 1. The van der Waals surface area contributed by atoms with E-state index in [-0.39, 0.29) is 0 Å². The Morgan fingerprint density at radius 2 is 1.60 bits per heavy atom. The van der Waals surface area contributed by atoms with Crippen LogP contribution < -0.4 is 11.1 Å². The third-order valence-electron chi connectivity index (χ3n) is 2.92. The van der Waals surface area contributed by atoms with Crippen LogP contribution in [0, 0.1) is 0 Å². The average molecular weight is 262 g/mol. The number of nitrogens with one attached hydrogen (secondary N) is 1. The van der Waals surface area contributed by atoms with Gasteiger partial charge < -0.3 is 11.1 Å².